The van der Waals surface area contributed by atoms with E-state index in [0.29, 0.717) is 21.9 Å². The molecule has 0 aliphatic heterocycles. The molecule has 1 aromatic heterocycles. The Hall–Kier alpha value is -3.00. The number of anilines is 1. The molecule has 8 heteroatoms. The van der Waals surface area contributed by atoms with Crippen LogP contribution >= 0.6 is 11.3 Å². The zero-order valence-electron chi connectivity index (χ0n) is 16.0. The summed E-state index contributed by atoms with van der Waals surface area (Å²) < 4.78 is 10.2. The number of ether oxygens (including phenoxy) is 2. The minimum Gasteiger partial charge on any atom is -0.496 e. The Bertz CT molecular complexity index is 904. The molecule has 0 aliphatic carbocycles. The van der Waals surface area contributed by atoms with Crippen molar-refractivity contribution in [3.8, 4) is 5.75 Å². The summed E-state index contributed by atoms with van der Waals surface area (Å²) >= 11 is 1.03. The van der Waals surface area contributed by atoms with Crippen LogP contribution in [0, 0.1) is 13.8 Å². The number of rotatable bonds is 9. The maximum atomic E-state index is 12.4. The van der Waals surface area contributed by atoms with Gasteiger partial charge in [0.1, 0.15) is 17.2 Å². The van der Waals surface area contributed by atoms with Crippen LogP contribution in [0.4, 0.5) is 5.13 Å². The molecule has 0 atom stereocenters. The summed E-state index contributed by atoms with van der Waals surface area (Å²) in [6.45, 7) is 7.12. The lowest BCUT2D eigenvalue weighted by Crippen LogP contribution is -2.13. The molecule has 7 nitrogen and oxygen atoms in total. The topological polar surface area (TPSA) is 94.6 Å². The number of esters is 1. The fourth-order valence-corrected chi connectivity index (χ4v) is 3.30. The third-order valence-corrected chi connectivity index (χ3v) is 4.85. The molecule has 1 heterocycles. The number of aromatic nitrogens is 1. The van der Waals surface area contributed by atoms with Crippen LogP contribution in [-0.4, -0.2) is 36.4 Å². The molecule has 0 radical (unpaired) electrons. The van der Waals surface area contributed by atoms with Gasteiger partial charge in [0.2, 0.25) is 5.91 Å². The number of Topliss-reactive ketones (excluding diaryl/α,β-unsaturated/α-hetero) is 1. The van der Waals surface area contributed by atoms with Gasteiger partial charge in [-0.15, -0.1) is 0 Å². The standard InChI is InChI=1S/C20H22N2O5S/c1-5-10-27-19(25)18-13(3)21-20(28-18)22-17(24)9-7-15(23)14-11-12(2)6-8-16(14)26-4/h5-6,8,11H,1,7,9-10H2,2-4H3,(H,21,22,24). The maximum absolute atomic E-state index is 12.4. The Morgan fingerprint density at radius 2 is 2.00 bits per heavy atom. The van der Waals surface area contributed by atoms with Crippen LogP contribution in [0.5, 0.6) is 5.75 Å². The van der Waals surface area contributed by atoms with Crippen LogP contribution in [0.2, 0.25) is 0 Å². The number of amides is 1. The Kier molecular flexibility index (Phi) is 7.45. The van der Waals surface area contributed by atoms with Crippen LogP contribution in [0.3, 0.4) is 0 Å². The number of benzene rings is 1. The molecule has 0 saturated carbocycles. The summed E-state index contributed by atoms with van der Waals surface area (Å²) in [5.74, 6) is -0.578. The molecule has 0 fully saturated rings. The van der Waals surface area contributed by atoms with E-state index in [-0.39, 0.29) is 36.3 Å². The first kappa shape index (κ1) is 21.3. The Morgan fingerprint density at radius 3 is 2.68 bits per heavy atom. The Balaban J connectivity index is 1.96. The first-order valence-electron chi connectivity index (χ1n) is 8.58. The molecule has 2 rings (SSSR count). The summed E-state index contributed by atoms with van der Waals surface area (Å²) in [7, 11) is 1.50. The lowest BCUT2D eigenvalue weighted by Gasteiger charge is -2.08. The number of hydrogen-bond donors (Lipinski definition) is 1. The van der Waals surface area contributed by atoms with E-state index in [1.807, 2.05) is 13.0 Å². The third kappa shape index (κ3) is 5.50. The number of nitrogens with zero attached hydrogens (tertiary/aromatic N) is 1. The first-order chi connectivity index (χ1) is 13.3. The molecule has 0 saturated heterocycles. The maximum Gasteiger partial charge on any atom is 0.350 e. The number of hydrogen-bond acceptors (Lipinski definition) is 7. The smallest absolute Gasteiger partial charge is 0.350 e. The normalized spacial score (nSPS) is 10.2. The van der Waals surface area contributed by atoms with Crippen LogP contribution in [0.25, 0.3) is 0 Å². The quantitative estimate of drug-likeness (QED) is 0.390. The highest BCUT2D eigenvalue weighted by atomic mass is 32.1. The van der Waals surface area contributed by atoms with Gasteiger partial charge in [-0.25, -0.2) is 9.78 Å². The number of aryl methyl sites for hydroxylation is 2. The van der Waals surface area contributed by atoms with E-state index in [1.54, 1.807) is 19.1 Å². The Morgan fingerprint density at radius 1 is 1.25 bits per heavy atom. The van der Waals surface area contributed by atoms with Crippen LogP contribution < -0.4 is 10.1 Å². The van der Waals surface area contributed by atoms with Crippen molar-refractivity contribution < 1.29 is 23.9 Å². The molecule has 2 aromatic rings. The fraction of sp³-hybridized carbons (Fsp3) is 0.300. The van der Waals surface area contributed by atoms with E-state index in [9.17, 15) is 14.4 Å². The van der Waals surface area contributed by atoms with Crippen molar-refractivity contribution in [2.24, 2.45) is 0 Å². The van der Waals surface area contributed by atoms with Crippen LogP contribution in [0.15, 0.2) is 30.9 Å². The number of methoxy groups -OCH3 is 1. The van der Waals surface area contributed by atoms with E-state index in [2.05, 4.69) is 16.9 Å². The van der Waals surface area contributed by atoms with Crippen molar-refractivity contribution >= 4 is 34.1 Å². The van der Waals surface area contributed by atoms with Gasteiger partial charge in [0.25, 0.3) is 0 Å². The lowest BCUT2D eigenvalue weighted by molar-refractivity contribution is -0.116. The zero-order valence-corrected chi connectivity index (χ0v) is 16.9. The molecule has 148 valence electrons. The summed E-state index contributed by atoms with van der Waals surface area (Å²) in [6, 6.07) is 5.32. The highest BCUT2D eigenvalue weighted by Gasteiger charge is 2.19. The van der Waals surface area contributed by atoms with Crippen molar-refractivity contribution in [2.75, 3.05) is 19.0 Å². The highest BCUT2D eigenvalue weighted by Crippen LogP contribution is 2.24. The summed E-state index contributed by atoms with van der Waals surface area (Å²) in [5, 5.41) is 2.90. The Labute approximate surface area is 167 Å². The number of ketones is 1. The van der Waals surface area contributed by atoms with Gasteiger partial charge >= 0.3 is 5.97 Å². The summed E-state index contributed by atoms with van der Waals surface area (Å²) in [5.41, 5.74) is 1.85. The van der Waals surface area contributed by atoms with Gasteiger partial charge in [0, 0.05) is 12.8 Å². The van der Waals surface area contributed by atoms with Crippen molar-refractivity contribution in [3.05, 3.63) is 52.6 Å². The zero-order chi connectivity index (χ0) is 20.7. The largest absolute Gasteiger partial charge is 0.496 e. The molecular formula is C20H22N2O5S. The average Bonchev–Trinajstić information content (AvgIpc) is 3.04. The number of carbonyl (C=O) groups is 3. The summed E-state index contributed by atoms with van der Waals surface area (Å²) in [6.07, 6.45) is 1.49. The van der Waals surface area contributed by atoms with Gasteiger partial charge in [-0.1, -0.05) is 35.6 Å². The molecular weight excluding hydrogens is 380 g/mol. The van der Waals surface area contributed by atoms with Crippen molar-refractivity contribution in [2.45, 2.75) is 26.7 Å². The first-order valence-corrected chi connectivity index (χ1v) is 9.40. The van der Waals surface area contributed by atoms with E-state index >= 15 is 0 Å². The van der Waals surface area contributed by atoms with E-state index in [1.165, 1.54) is 13.2 Å². The highest BCUT2D eigenvalue weighted by molar-refractivity contribution is 7.17. The summed E-state index contributed by atoms with van der Waals surface area (Å²) in [4.78, 5) is 41.0. The van der Waals surface area contributed by atoms with Gasteiger partial charge in [-0.2, -0.15) is 0 Å². The molecule has 1 N–H and O–H groups in total. The van der Waals surface area contributed by atoms with E-state index < -0.39 is 5.97 Å². The second-order valence-electron chi connectivity index (χ2n) is 6.00. The molecule has 28 heavy (non-hydrogen) atoms. The van der Waals surface area contributed by atoms with Gasteiger partial charge in [-0.3, -0.25) is 9.59 Å². The average molecular weight is 402 g/mol. The van der Waals surface area contributed by atoms with Gasteiger partial charge in [0.15, 0.2) is 10.9 Å². The number of carbonyl (C=O) groups excluding carboxylic acids is 3. The predicted molar refractivity (Wildman–Crippen MR) is 107 cm³/mol. The number of nitrogens with one attached hydrogen (secondary N) is 1. The fourth-order valence-electron chi connectivity index (χ4n) is 2.42. The monoisotopic (exact) mass is 402 g/mol. The van der Waals surface area contributed by atoms with Crippen molar-refractivity contribution in [1.82, 2.24) is 4.98 Å². The second-order valence-corrected chi connectivity index (χ2v) is 6.99. The molecule has 1 amide bonds. The van der Waals surface area contributed by atoms with Gasteiger partial charge in [-0.05, 0) is 26.0 Å². The van der Waals surface area contributed by atoms with Gasteiger partial charge in [0.05, 0.1) is 18.4 Å². The van der Waals surface area contributed by atoms with E-state index in [4.69, 9.17) is 9.47 Å². The molecule has 0 aliphatic rings. The molecule has 0 spiro atoms. The molecule has 1 aromatic carbocycles. The van der Waals surface area contributed by atoms with Crippen LogP contribution in [-0.2, 0) is 9.53 Å². The van der Waals surface area contributed by atoms with Crippen molar-refractivity contribution in [1.29, 1.82) is 0 Å². The minimum absolute atomic E-state index is 0.00913. The van der Waals surface area contributed by atoms with Gasteiger partial charge < -0.3 is 14.8 Å². The SMILES string of the molecule is C=CCOC(=O)c1sc(NC(=O)CCC(=O)c2cc(C)ccc2OC)nc1C. The lowest BCUT2D eigenvalue weighted by atomic mass is 10.0. The van der Waals surface area contributed by atoms with Crippen LogP contribution in [0.1, 0.15) is 44.1 Å². The third-order valence-electron chi connectivity index (χ3n) is 3.80. The molecule has 0 bridgehead atoms. The van der Waals surface area contributed by atoms with E-state index in [0.717, 1.165) is 16.9 Å². The number of thiazole rings is 1. The minimum atomic E-state index is -0.517. The predicted octanol–water partition coefficient (Wildman–Crippen LogP) is 3.71. The van der Waals surface area contributed by atoms with Crippen molar-refractivity contribution in [3.63, 3.8) is 0 Å². The second kappa shape index (κ2) is 9.80. The molecule has 0 unspecified atom stereocenters.